The van der Waals surface area contributed by atoms with E-state index >= 15 is 0 Å². The molecule has 3 aromatic rings. The number of hydrogen-bond donors (Lipinski definition) is 3. The fourth-order valence-electron chi connectivity index (χ4n) is 2.17. The smallest absolute Gasteiger partial charge is 0.287 e. The maximum atomic E-state index is 13.3. The molecule has 0 aliphatic rings. The Morgan fingerprint density at radius 1 is 1.21 bits per heavy atom. The normalized spacial score (nSPS) is 11.3. The average molecular weight is 466 g/mol. The molecule has 3 rings (SSSR count). The summed E-state index contributed by atoms with van der Waals surface area (Å²) in [7, 11) is 0. The molecule has 0 unspecified atom stereocenters. The summed E-state index contributed by atoms with van der Waals surface area (Å²) in [5, 5.41) is 16.7. The number of ether oxygens (including phenoxy) is 1. The first-order chi connectivity index (χ1) is 14.2. The van der Waals surface area contributed by atoms with Gasteiger partial charge in [-0.2, -0.15) is 5.48 Å². The van der Waals surface area contributed by atoms with Gasteiger partial charge in [0.05, 0.1) is 16.8 Å². The van der Waals surface area contributed by atoms with E-state index in [1.54, 1.807) is 0 Å². The first-order valence-corrected chi connectivity index (χ1v) is 9.31. The van der Waals surface area contributed by atoms with Gasteiger partial charge in [0.15, 0.2) is 5.84 Å². The molecular formula is C18H17BrFN5O4. The predicted octanol–water partition coefficient (Wildman–Crippen LogP) is 3.38. The molecule has 0 bridgehead atoms. The summed E-state index contributed by atoms with van der Waals surface area (Å²) in [5.74, 6) is 0.263. The number of rotatable bonds is 9. The largest absolute Gasteiger partial charge is 0.474 e. The number of amidine groups is 1. The molecule has 1 heterocycles. The maximum Gasteiger partial charge on any atom is 0.287 e. The SMILES string of the molecule is ONC(=Nc1ccc(F)c(Br)c1)c1nonc1OCCCNOc1ccccc1. The Bertz CT molecular complexity index is 954. The second-order valence-corrected chi connectivity index (χ2v) is 6.45. The van der Waals surface area contributed by atoms with E-state index in [0.717, 1.165) is 0 Å². The number of nitrogens with one attached hydrogen (secondary N) is 2. The van der Waals surface area contributed by atoms with Crippen molar-refractivity contribution >= 4 is 27.5 Å². The summed E-state index contributed by atoms with van der Waals surface area (Å²) >= 11 is 3.08. The highest BCUT2D eigenvalue weighted by atomic mass is 79.9. The number of aromatic nitrogens is 2. The summed E-state index contributed by atoms with van der Waals surface area (Å²) in [5.41, 5.74) is 5.18. The van der Waals surface area contributed by atoms with E-state index in [4.69, 9.17) is 9.57 Å². The Labute approximate surface area is 173 Å². The first kappa shape index (κ1) is 20.7. The molecule has 2 aromatic carbocycles. The van der Waals surface area contributed by atoms with Crippen molar-refractivity contribution in [3.05, 3.63) is 64.5 Å². The zero-order valence-electron chi connectivity index (χ0n) is 15.0. The Morgan fingerprint density at radius 2 is 2.03 bits per heavy atom. The molecule has 0 radical (unpaired) electrons. The van der Waals surface area contributed by atoms with E-state index in [-0.39, 0.29) is 28.5 Å². The number of benzene rings is 2. The zero-order valence-corrected chi connectivity index (χ0v) is 16.6. The van der Waals surface area contributed by atoms with Crippen molar-refractivity contribution in [2.24, 2.45) is 4.99 Å². The molecule has 0 atom stereocenters. The monoisotopic (exact) mass is 465 g/mol. The van der Waals surface area contributed by atoms with E-state index in [2.05, 4.69) is 41.3 Å². The van der Waals surface area contributed by atoms with Crippen molar-refractivity contribution in [3.8, 4) is 11.6 Å². The molecule has 152 valence electrons. The van der Waals surface area contributed by atoms with Gasteiger partial charge >= 0.3 is 0 Å². The topological polar surface area (TPSA) is 114 Å². The molecule has 11 heteroatoms. The molecule has 0 saturated carbocycles. The number of hydroxylamine groups is 2. The van der Waals surface area contributed by atoms with Gasteiger partial charge in [-0.1, -0.05) is 18.2 Å². The van der Waals surface area contributed by atoms with Crippen LogP contribution in [0.1, 0.15) is 12.1 Å². The van der Waals surface area contributed by atoms with Gasteiger partial charge in [0.1, 0.15) is 11.6 Å². The molecule has 1 aromatic heterocycles. The first-order valence-electron chi connectivity index (χ1n) is 8.51. The van der Waals surface area contributed by atoms with Gasteiger partial charge in [0.25, 0.3) is 5.88 Å². The highest BCUT2D eigenvalue weighted by molar-refractivity contribution is 9.10. The van der Waals surface area contributed by atoms with Gasteiger partial charge in [0, 0.05) is 6.54 Å². The number of aliphatic imine (C=N–C) groups is 1. The van der Waals surface area contributed by atoms with Crippen LogP contribution in [-0.4, -0.2) is 34.5 Å². The van der Waals surface area contributed by atoms with E-state index in [1.807, 2.05) is 35.8 Å². The van der Waals surface area contributed by atoms with Crippen LogP contribution >= 0.6 is 15.9 Å². The fraction of sp³-hybridized carbons (Fsp3) is 0.167. The number of hydrogen-bond acceptors (Lipinski definition) is 8. The highest BCUT2D eigenvalue weighted by Gasteiger charge is 2.18. The third-order valence-corrected chi connectivity index (χ3v) is 4.14. The minimum Gasteiger partial charge on any atom is -0.474 e. The standard InChI is InChI=1S/C18H17BrFN5O4/c19-14-11-12(7-8-15(14)20)22-17(23-26)16-18(25-29-24-16)27-10-4-9-21-28-13-5-2-1-3-6-13/h1-3,5-8,11,21,26H,4,9-10H2,(H,22,23). The quantitative estimate of drug-likeness (QED) is 0.190. The van der Waals surface area contributed by atoms with Gasteiger partial charge in [-0.05, 0) is 63.0 Å². The van der Waals surface area contributed by atoms with Crippen LogP contribution in [0.3, 0.4) is 0 Å². The van der Waals surface area contributed by atoms with Crippen LogP contribution in [0, 0.1) is 5.82 Å². The second-order valence-electron chi connectivity index (χ2n) is 5.60. The van der Waals surface area contributed by atoms with Crippen molar-refractivity contribution < 1.29 is 23.8 Å². The van der Waals surface area contributed by atoms with Crippen molar-refractivity contribution in [3.63, 3.8) is 0 Å². The lowest BCUT2D eigenvalue weighted by molar-refractivity contribution is 0.181. The highest BCUT2D eigenvalue weighted by Crippen LogP contribution is 2.23. The average Bonchev–Trinajstić information content (AvgIpc) is 3.20. The summed E-state index contributed by atoms with van der Waals surface area (Å²) in [4.78, 5) is 9.52. The number of para-hydroxylation sites is 1. The zero-order chi connectivity index (χ0) is 20.5. The van der Waals surface area contributed by atoms with E-state index in [9.17, 15) is 9.60 Å². The van der Waals surface area contributed by atoms with Gasteiger partial charge in [-0.25, -0.2) is 14.0 Å². The lowest BCUT2D eigenvalue weighted by atomic mass is 10.3. The van der Waals surface area contributed by atoms with Crippen LogP contribution in [-0.2, 0) is 0 Å². The van der Waals surface area contributed by atoms with Crippen molar-refractivity contribution in [2.75, 3.05) is 13.2 Å². The van der Waals surface area contributed by atoms with E-state index in [1.165, 1.54) is 18.2 Å². The summed E-state index contributed by atoms with van der Waals surface area (Å²) in [6.45, 7) is 0.811. The fourth-order valence-corrected chi connectivity index (χ4v) is 2.54. The molecule has 9 nitrogen and oxygen atoms in total. The van der Waals surface area contributed by atoms with Crippen LogP contribution < -0.4 is 20.5 Å². The van der Waals surface area contributed by atoms with E-state index < -0.39 is 5.82 Å². The van der Waals surface area contributed by atoms with Crippen LogP contribution in [0.5, 0.6) is 11.6 Å². The predicted molar refractivity (Wildman–Crippen MR) is 105 cm³/mol. The number of halogens is 2. The Kier molecular flexibility index (Phi) is 7.50. The second kappa shape index (κ2) is 10.5. The molecule has 0 aliphatic carbocycles. The van der Waals surface area contributed by atoms with Crippen molar-refractivity contribution in [1.82, 2.24) is 21.3 Å². The van der Waals surface area contributed by atoms with Gasteiger partial charge < -0.3 is 9.57 Å². The summed E-state index contributed by atoms with van der Waals surface area (Å²) in [6.07, 6.45) is 0.600. The van der Waals surface area contributed by atoms with Gasteiger partial charge in [-0.15, -0.1) is 0 Å². The molecule has 29 heavy (non-hydrogen) atoms. The Morgan fingerprint density at radius 3 is 2.79 bits per heavy atom. The van der Waals surface area contributed by atoms with Crippen LogP contribution in [0.2, 0.25) is 0 Å². The molecule has 0 fully saturated rings. The van der Waals surface area contributed by atoms with Crippen molar-refractivity contribution in [1.29, 1.82) is 0 Å². The van der Waals surface area contributed by atoms with Crippen LogP contribution in [0.4, 0.5) is 10.1 Å². The van der Waals surface area contributed by atoms with E-state index in [0.29, 0.717) is 24.4 Å². The molecular weight excluding hydrogens is 449 g/mol. The van der Waals surface area contributed by atoms with Gasteiger partial charge in [0.2, 0.25) is 5.69 Å². The number of nitrogens with zero attached hydrogens (tertiary/aromatic N) is 3. The minimum atomic E-state index is -0.431. The summed E-state index contributed by atoms with van der Waals surface area (Å²) < 4.78 is 23.8. The third kappa shape index (κ3) is 5.98. The summed E-state index contributed by atoms with van der Waals surface area (Å²) in [6, 6.07) is 13.4. The van der Waals surface area contributed by atoms with Gasteiger partial charge in [-0.3, -0.25) is 10.7 Å². The molecule has 0 saturated heterocycles. The van der Waals surface area contributed by atoms with Crippen LogP contribution in [0.25, 0.3) is 0 Å². The lowest BCUT2D eigenvalue weighted by Crippen LogP contribution is -2.23. The molecule has 0 amide bonds. The Hall–Kier alpha value is -3.02. The maximum absolute atomic E-state index is 13.3. The molecule has 0 spiro atoms. The third-order valence-electron chi connectivity index (χ3n) is 3.53. The lowest BCUT2D eigenvalue weighted by Gasteiger charge is -2.08. The van der Waals surface area contributed by atoms with Crippen molar-refractivity contribution in [2.45, 2.75) is 6.42 Å². The minimum absolute atomic E-state index is 0.0513. The molecule has 0 aliphatic heterocycles. The van der Waals surface area contributed by atoms with Crippen LogP contribution in [0.15, 0.2) is 62.6 Å². The Balaban J connectivity index is 1.53. The molecule has 3 N–H and O–H groups in total.